The van der Waals surface area contributed by atoms with Gasteiger partial charge in [0, 0.05) is 17.5 Å². The topological polar surface area (TPSA) is 80.8 Å². The smallest absolute Gasteiger partial charge is 0.254 e. The highest BCUT2D eigenvalue weighted by molar-refractivity contribution is 6.00. The maximum Gasteiger partial charge on any atom is 0.254 e. The van der Waals surface area contributed by atoms with Crippen LogP contribution >= 0.6 is 0 Å². The summed E-state index contributed by atoms with van der Waals surface area (Å²) in [7, 11) is 1.50. The minimum absolute atomic E-state index is 0.125. The van der Waals surface area contributed by atoms with E-state index >= 15 is 0 Å². The highest BCUT2D eigenvalue weighted by atomic mass is 16.6. The number of aromatic nitrogens is 2. The van der Waals surface area contributed by atoms with E-state index in [9.17, 15) is 4.79 Å². The van der Waals surface area contributed by atoms with E-state index in [0.29, 0.717) is 30.2 Å². The quantitative estimate of drug-likeness (QED) is 0.410. The van der Waals surface area contributed by atoms with Gasteiger partial charge >= 0.3 is 0 Å². The summed E-state index contributed by atoms with van der Waals surface area (Å²) >= 11 is 0. The fourth-order valence-electron chi connectivity index (χ4n) is 4.01. The molecule has 4 aromatic rings. The minimum atomic E-state index is -0.412. The first-order valence-electron chi connectivity index (χ1n) is 10.7. The van der Waals surface area contributed by atoms with Crippen LogP contribution in [0.3, 0.4) is 0 Å². The molecule has 1 amide bonds. The molecule has 1 saturated heterocycles. The molecular weight excluding hydrogens is 416 g/mol. The summed E-state index contributed by atoms with van der Waals surface area (Å²) in [5, 5.41) is 8.20. The fraction of sp³-hybridized carbons (Fsp3) is 0.154. The van der Waals surface area contributed by atoms with Gasteiger partial charge in [-0.05, 0) is 23.3 Å². The third-order valence-corrected chi connectivity index (χ3v) is 5.64. The summed E-state index contributed by atoms with van der Waals surface area (Å²) in [5.74, 6) is 0.743. The molecule has 1 aliphatic heterocycles. The monoisotopic (exact) mass is 438 g/mol. The molecule has 1 aromatic heterocycles. The molecule has 164 valence electrons. The highest BCUT2D eigenvalue weighted by Gasteiger charge is 2.38. The van der Waals surface area contributed by atoms with Gasteiger partial charge in [-0.3, -0.25) is 4.79 Å². The first kappa shape index (κ1) is 20.6. The normalized spacial score (nSPS) is 16.8. The lowest BCUT2D eigenvalue weighted by Gasteiger charge is -2.21. The molecule has 1 fully saturated rings. The Morgan fingerprint density at radius 3 is 2.24 bits per heavy atom. The number of amides is 1. The number of oxime groups is 1. The second-order valence-electron chi connectivity index (χ2n) is 7.76. The summed E-state index contributed by atoms with van der Waals surface area (Å²) < 4.78 is 5.57. The van der Waals surface area contributed by atoms with E-state index in [1.807, 2.05) is 84.9 Å². The number of likely N-dealkylation sites (tertiary alicyclic amines) is 1. The van der Waals surface area contributed by atoms with Crippen LogP contribution in [0, 0.1) is 0 Å². The maximum absolute atomic E-state index is 13.4. The summed E-state index contributed by atoms with van der Waals surface area (Å²) in [5.41, 5.74) is 4.34. The van der Waals surface area contributed by atoms with Crippen LogP contribution in [-0.2, 0) is 4.84 Å². The molecule has 1 aliphatic rings. The average Bonchev–Trinajstić information content (AvgIpc) is 3.53. The molecule has 0 N–H and O–H groups in total. The van der Waals surface area contributed by atoms with E-state index in [1.165, 1.54) is 7.11 Å². The number of hydrogen-bond acceptors (Lipinski definition) is 6. The van der Waals surface area contributed by atoms with Crippen LogP contribution in [-0.4, -0.2) is 40.3 Å². The number of benzene rings is 3. The number of nitrogens with zero attached hydrogens (tertiary/aromatic N) is 4. The Labute approximate surface area is 191 Å². The molecule has 0 saturated carbocycles. The van der Waals surface area contributed by atoms with E-state index in [4.69, 9.17) is 9.36 Å². The molecule has 5 rings (SSSR count). The first-order valence-corrected chi connectivity index (χ1v) is 10.7. The second-order valence-corrected chi connectivity index (χ2v) is 7.76. The lowest BCUT2D eigenvalue weighted by Crippen LogP contribution is -2.31. The third-order valence-electron chi connectivity index (χ3n) is 5.64. The van der Waals surface area contributed by atoms with Gasteiger partial charge < -0.3 is 14.3 Å². The second kappa shape index (κ2) is 9.08. The Balaban J connectivity index is 1.42. The van der Waals surface area contributed by atoms with Crippen LogP contribution in [0.5, 0.6) is 0 Å². The number of rotatable bonds is 5. The fourth-order valence-corrected chi connectivity index (χ4v) is 4.01. The molecule has 33 heavy (non-hydrogen) atoms. The van der Waals surface area contributed by atoms with Crippen LogP contribution < -0.4 is 0 Å². The van der Waals surface area contributed by atoms with E-state index in [-0.39, 0.29) is 5.91 Å². The van der Waals surface area contributed by atoms with Gasteiger partial charge in [-0.1, -0.05) is 83.1 Å². The highest BCUT2D eigenvalue weighted by Crippen LogP contribution is 2.33. The number of hydrogen-bond donors (Lipinski definition) is 0. The van der Waals surface area contributed by atoms with E-state index in [2.05, 4.69) is 15.3 Å². The van der Waals surface area contributed by atoms with Gasteiger partial charge in [0.2, 0.25) is 11.7 Å². The maximum atomic E-state index is 13.4. The first-order chi connectivity index (χ1) is 16.2. The number of carbonyl (C=O) groups is 1. The molecule has 0 spiro atoms. The summed E-state index contributed by atoms with van der Waals surface area (Å²) in [6, 6.07) is 26.8. The van der Waals surface area contributed by atoms with Crippen molar-refractivity contribution in [2.45, 2.75) is 12.5 Å². The van der Waals surface area contributed by atoms with Crippen LogP contribution in [0.25, 0.3) is 22.5 Å². The Kier molecular flexibility index (Phi) is 5.68. The molecule has 1 unspecified atom stereocenters. The molecule has 2 heterocycles. The molecule has 7 heteroatoms. The summed E-state index contributed by atoms with van der Waals surface area (Å²) in [6.45, 7) is 0.334. The van der Waals surface area contributed by atoms with Crippen molar-refractivity contribution in [2.24, 2.45) is 5.16 Å². The zero-order chi connectivity index (χ0) is 22.6. The van der Waals surface area contributed by atoms with Crippen molar-refractivity contribution in [3.63, 3.8) is 0 Å². The van der Waals surface area contributed by atoms with Crippen LogP contribution in [0.2, 0.25) is 0 Å². The molecule has 3 aromatic carbocycles. The Morgan fingerprint density at radius 1 is 0.939 bits per heavy atom. The lowest BCUT2D eigenvalue weighted by atomic mass is 10.0. The van der Waals surface area contributed by atoms with Crippen LogP contribution in [0.4, 0.5) is 0 Å². The van der Waals surface area contributed by atoms with E-state index < -0.39 is 6.04 Å². The standard InChI is InChI=1S/C26H22N4O3/c1-32-28-22-16-23(25-27-24(29-33-25)20-10-6-3-7-11-20)30(17-22)26(31)21-14-12-19(13-15-21)18-8-4-2-5-9-18/h2-15,23H,16-17H2,1H3. The van der Waals surface area contributed by atoms with Gasteiger partial charge in [-0.25, -0.2) is 0 Å². The Hall–Kier alpha value is -4.26. The minimum Gasteiger partial charge on any atom is -0.399 e. The van der Waals surface area contributed by atoms with Crippen molar-refractivity contribution in [1.82, 2.24) is 15.0 Å². The van der Waals surface area contributed by atoms with Crippen LogP contribution in [0.1, 0.15) is 28.7 Å². The largest absolute Gasteiger partial charge is 0.399 e. The van der Waals surface area contributed by atoms with Gasteiger partial charge in [0.05, 0.1) is 12.3 Å². The van der Waals surface area contributed by atoms with Gasteiger partial charge in [0.1, 0.15) is 13.2 Å². The molecular formula is C26H22N4O3. The van der Waals surface area contributed by atoms with Crippen molar-refractivity contribution < 1.29 is 14.2 Å². The third kappa shape index (κ3) is 4.25. The van der Waals surface area contributed by atoms with Crippen molar-refractivity contribution in [3.8, 4) is 22.5 Å². The van der Waals surface area contributed by atoms with Crippen molar-refractivity contribution in [2.75, 3.05) is 13.7 Å². The summed E-state index contributed by atoms with van der Waals surface area (Å²) in [4.78, 5) is 24.7. The molecule has 1 atom stereocenters. The zero-order valence-corrected chi connectivity index (χ0v) is 18.1. The van der Waals surface area contributed by atoms with Crippen LogP contribution in [0.15, 0.2) is 94.6 Å². The van der Waals surface area contributed by atoms with E-state index in [0.717, 1.165) is 22.4 Å². The molecule has 0 bridgehead atoms. The Morgan fingerprint density at radius 2 is 1.58 bits per heavy atom. The Bertz CT molecular complexity index is 1270. The van der Waals surface area contributed by atoms with Gasteiger partial charge in [-0.15, -0.1) is 0 Å². The van der Waals surface area contributed by atoms with Crippen molar-refractivity contribution in [1.29, 1.82) is 0 Å². The average molecular weight is 438 g/mol. The molecule has 7 nitrogen and oxygen atoms in total. The van der Waals surface area contributed by atoms with Gasteiger partial charge in [0.15, 0.2) is 0 Å². The lowest BCUT2D eigenvalue weighted by molar-refractivity contribution is 0.0713. The van der Waals surface area contributed by atoms with Gasteiger partial charge in [0.25, 0.3) is 5.91 Å². The van der Waals surface area contributed by atoms with E-state index in [1.54, 1.807) is 4.90 Å². The van der Waals surface area contributed by atoms with Gasteiger partial charge in [-0.2, -0.15) is 4.98 Å². The van der Waals surface area contributed by atoms with Crippen molar-refractivity contribution >= 4 is 11.6 Å². The number of carbonyl (C=O) groups excluding carboxylic acids is 1. The predicted molar refractivity (Wildman–Crippen MR) is 124 cm³/mol. The zero-order valence-electron chi connectivity index (χ0n) is 18.1. The van der Waals surface area contributed by atoms with Crippen molar-refractivity contribution in [3.05, 3.63) is 96.4 Å². The SMILES string of the molecule is CON=C1CC(c2nc(-c3ccccc3)no2)N(C(=O)c2ccc(-c3ccccc3)cc2)C1. The predicted octanol–water partition coefficient (Wildman–Crippen LogP) is 4.99. The summed E-state index contributed by atoms with van der Waals surface area (Å²) in [6.07, 6.45) is 0.470. The molecule has 0 radical (unpaired) electrons. The molecule has 0 aliphatic carbocycles.